The van der Waals surface area contributed by atoms with Gasteiger partial charge in [0.1, 0.15) is 0 Å². The Morgan fingerprint density at radius 2 is 1.81 bits per heavy atom. The third-order valence-electron chi connectivity index (χ3n) is 5.52. The lowest BCUT2D eigenvalue weighted by atomic mass is 10.1. The number of aryl methyl sites for hydroxylation is 4. The highest BCUT2D eigenvalue weighted by atomic mass is 16.5. The van der Waals surface area contributed by atoms with Crippen molar-refractivity contribution in [2.45, 2.75) is 33.9 Å². The van der Waals surface area contributed by atoms with Gasteiger partial charge in [0, 0.05) is 26.4 Å². The van der Waals surface area contributed by atoms with Crippen molar-refractivity contribution in [2.75, 3.05) is 13.7 Å². The van der Waals surface area contributed by atoms with E-state index in [1.165, 1.54) is 9.13 Å². The van der Waals surface area contributed by atoms with E-state index < -0.39 is 5.69 Å². The molecule has 4 rings (SSSR count). The number of aromatic nitrogens is 6. The first-order valence-corrected chi connectivity index (χ1v) is 10.1. The molecule has 4 aromatic rings. The van der Waals surface area contributed by atoms with E-state index in [2.05, 4.69) is 10.1 Å². The van der Waals surface area contributed by atoms with Gasteiger partial charge in [-0.3, -0.25) is 13.9 Å². The first-order chi connectivity index (χ1) is 14.8. The Morgan fingerprint density at radius 3 is 2.45 bits per heavy atom. The monoisotopic (exact) mass is 422 g/mol. The number of benzene rings is 1. The highest BCUT2D eigenvalue weighted by molar-refractivity contribution is 5.72. The second-order valence-electron chi connectivity index (χ2n) is 7.73. The lowest BCUT2D eigenvalue weighted by molar-refractivity contribution is 0.188. The van der Waals surface area contributed by atoms with E-state index in [1.807, 2.05) is 51.1 Å². The molecule has 31 heavy (non-hydrogen) atoms. The Hall–Kier alpha value is -3.46. The molecule has 0 unspecified atom stereocenters. The molecule has 3 heterocycles. The summed E-state index contributed by atoms with van der Waals surface area (Å²) in [5.41, 5.74) is 3.57. The van der Waals surface area contributed by atoms with Gasteiger partial charge < -0.3 is 9.30 Å². The number of methoxy groups -OCH3 is 1. The zero-order valence-corrected chi connectivity index (χ0v) is 18.4. The van der Waals surface area contributed by atoms with E-state index in [1.54, 1.807) is 23.4 Å². The van der Waals surface area contributed by atoms with E-state index in [0.29, 0.717) is 30.3 Å². The first kappa shape index (κ1) is 20.8. The number of imidazole rings is 1. The van der Waals surface area contributed by atoms with Gasteiger partial charge in [0.2, 0.25) is 5.95 Å². The zero-order chi connectivity index (χ0) is 22.3. The Bertz CT molecular complexity index is 1390. The molecule has 0 N–H and O–H groups in total. The molecule has 0 aliphatic heterocycles. The maximum absolute atomic E-state index is 13.6. The van der Waals surface area contributed by atoms with Crippen molar-refractivity contribution in [3.05, 3.63) is 73.7 Å². The molecular formula is C22H26N6O3. The molecule has 3 aromatic heterocycles. The molecule has 0 aliphatic carbocycles. The molecule has 0 radical (unpaired) electrons. The summed E-state index contributed by atoms with van der Waals surface area (Å²) in [5, 5.41) is 4.52. The van der Waals surface area contributed by atoms with Crippen molar-refractivity contribution in [1.29, 1.82) is 0 Å². The predicted octanol–water partition coefficient (Wildman–Crippen LogP) is 1.70. The Kier molecular flexibility index (Phi) is 5.36. The van der Waals surface area contributed by atoms with Crippen LogP contribution >= 0.6 is 0 Å². The fraction of sp³-hybridized carbons (Fsp3) is 0.364. The minimum absolute atomic E-state index is 0.193. The predicted molar refractivity (Wildman–Crippen MR) is 118 cm³/mol. The Balaban J connectivity index is 2.01. The van der Waals surface area contributed by atoms with Gasteiger partial charge in [-0.25, -0.2) is 9.48 Å². The van der Waals surface area contributed by atoms with Crippen LogP contribution in [0.25, 0.3) is 17.1 Å². The minimum atomic E-state index is -0.405. The standard InChI is InChI=1S/C22H26N6O3/c1-14-8-6-7-9-17(14)13-27-20(29)18-19(25(4)22(27)30)23-21(26(18)10-11-31-5)28-16(3)12-15(2)24-28/h6-9,12H,10-11,13H2,1-5H3. The highest BCUT2D eigenvalue weighted by Crippen LogP contribution is 2.17. The number of hydrogen-bond donors (Lipinski definition) is 0. The molecule has 1 aromatic carbocycles. The van der Waals surface area contributed by atoms with Crippen molar-refractivity contribution < 1.29 is 4.74 Å². The zero-order valence-electron chi connectivity index (χ0n) is 18.4. The van der Waals surface area contributed by atoms with Crippen LogP contribution in [-0.4, -0.2) is 42.2 Å². The maximum atomic E-state index is 13.6. The number of ether oxygens (including phenoxy) is 1. The van der Waals surface area contributed by atoms with Gasteiger partial charge in [-0.1, -0.05) is 24.3 Å². The molecule has 0 fully saturated rings. The Morgan fingerprint density at radius 1 is 1.06 bits per heavy atom. The number of hydrogen-bond acceptors (Lipinski definition) is 5. The van der Waals surface area contributed by atoms with Crippen molar-refractivity contribution in [3.63, 3.8) is 0 Å². The molecule has 9 heteroatoms. The van der Waals surface area contributed by atoms with Crippen LogP contribution in [0.1, 0.15) is 22.5 Å². The van der Waals surface area contributed by atoms with Crippen molar-refractivity contribution in [2.24, 2.45) is 7.05 Å². The van der Waals surface area contributed by atoms with E-state index in [-0.39, 0.29) is 12.1 Å². The topological polar surface area (TPSA) is 88.9 Å². The summed E-state index contributed by atoms with van der Waals surface area (Å²) < 4.78 is 11.4. The summed E-state index contributed by atoms with van der Waals surface area (Å²) in [6.45, 7) is 6.77. The van der Waals surface area contributed by atoms with Crippen molar-refractivity contribution >= 4 is 11.2 Å². The van der Waals surface area contributed by atoms with Gasteiger partial charge in [0.15, 0.2) is 11.2 Å². The third kappa shape index (κ3) is 3.50. The van der Waals surface area contributed by atoms with Crippen LogP contribution in [0.2, 0.25) is 0 Å². The average molecular weight is 422 g/mol. The molecule has 0 amide bonds. The fourth-order valence-corrected chi connectivity index (χ4v) is 3.84. The van der Waals surface area contributed by atoms with E-state index in [0.717, 1.165) is 22.5 Å². The molecule has 162 valence electrons. The molecule has 0 spiro atoms. The van der Waals surface area contributed by atoms with Crippen LogP contribution in [-0.2, 0) is 24.9 Å². The van der Waals surface area contributed by atoms with Gasteiger partial charge in [0.05, 0.1) is 18.8 Å². The van der Waals surface area contributed by atoms with Gasteiger partial charge >= 0.3 is 5.69 Å². The second-order valence-corrected chi connectivity index (χ2v) is 7.73. The van der Waals surface area contributed by atoms with Crippen LogP contribution in [0.15, 0.2) is 39.9 Å². The fourth-order valence-electron chi connectivity index (χ4n) is 3.84. The van der Waals surface area contributed by atoms with Gasteiger partial charge in [-0.05, 0) is 38.0 Å². The summed E-state index contributed by atoms with van der Waals surface area (Å²) >= 11 is 0. The summed E-state index contributed by atoms with van der Waals surface area (Å²) in [4.78, 5) is 31.3. The van der Waals surface area contributed by atoms with E-state index in [4.69, 9.17) is 4.74 Å². The van der Waals surface area contributed by atoms with Crippen LogP contribution in [0, 0.1) is 20.8 Å². The van der Waals surface area contributed by atoms with Crippen LogP contribution in [0.5, 0.6) is 0 Å². The second kappa shape index (κ2) is 7.99. The van der Waals surface area contributed by atoms with Gasteiger partial charge in [0.25, 0.3) is 5.56 Å². The van der Waals surface area contributed by atoms with Gasteiger partial charge in [-0.15, -0.1) is 0 Å². The molecule has 0 aliphatic rings. The van der Waals surface area contributed by atoms with Crippen molar-refractivity contribution in [1.82, 2.24) is 28.5 Å². The van der Waals surface area contributed by atoms with E-state index >= 15 is 0 Å². The van der Waals surface area contributed by atoms with Crippen LogP contribution in [0.4, 0.5) is 0 Å². The SMILES string of the molecule is COCCn1c(-n2nc(C)cc2C)nc2c1c(=O)n(Cc1ccccc1C)c(=O)n2C. The quantitative estimate of drug-likeness (QED) is 0.472. The van der Waals surface area contributed by atoms with Crippen LogP contribution < -0.4 is 11.2 Å². The molecular weight excluding hydrogens is 396 g/mol. The summed E-state index contributed by atoms with van der Waals surface area (Å²) in [6, 6.07) is 9.67. The maximum Gasteiger partial charge on any atom is 0.332 e. The first-order valence-electron chi connectivity index (χ1n) is 10.1. The lowest BCUT2D eigenvalue weighted by Crippen LogP contribution is -2.40. The Labute approximate surface area is 179 Å². The minimum Gasteiger partial charge on any atom is -0.383 e. The van der Waals surface area contributed by atoms with E-state index in [9.17, 15) is 9.59 Å². The third-order valence-corrected chi connectivity index (χ3v) is 5.52. The average Bonchev–Trinajstić information content (AvgIpc) is 3.28. The highest BCUT2D eigenvalue weighted by Gasteiger charge is 2.22. The van der Waals surface area contributed by atoms with Crippen LogP contribution in [0.3, 0.4) is 0 Å². The summed E-state index contributed by atoms with van der Waals surface area (Å²) in [6.07, 6.45) is 0. The largest absolute Gasteiger partial charge is 0.383 e. The molecule has 0 atom stereocenters. The normalized spacial score (nSPS) is 11.5. The molecule has 0 saturated carbocycles. The lowest BCUT2D eigenvalue weighted by Gasteiger charge is -2.12. The van der Waals surface area contributed by atoms with Crippen molar-refractivity contribution in [3.8, 4) is 5.95 Å². The molecule has 0 saturated heterocycles. The number of rotatable bonds is 6. The smallest absolute Gasteiger partial charge is 0.332 e. The molecule has 9 nitrogen and oxygen atoms in total. The molecule has 0 bridgehead atoms. The summed E-state index contributed by atoms with van der Waals surface area (Å²) in [7, 11) is 3.24. The summed E-state index contributed by atoms with van der Waals surface area (Å²) in [5.74, 6) is 0.485. The number of fused-ring (bicyclic) bond motifs is 1. The number of nitrogens with zero attached hydrogens (tertiary/aromatic N) is 6. The van der Waals surface area contributed by atoms with Gasteiger partial charge in [-0.2, -0.15) is 10.1 Å².